The van der Waals surface area contributed by atoms with E-state index in [1.54, 1.807) is 12.1 Å². The van der Waals surface area contributed by atoms with Crippen molar-refractivity contribution in [1.29, 1.82) is 0 Å². The highest BCUT2D eigenvalue weighted by molar-refractivity contribution is 5.43. The lowest BCUT2D eigenvalue weighted by Gasteiger charge is -2.19. The molecule has 0 aliphatic carbocycles. The first-order valence-corrected chi connectivity index (χ1v) is 4.98. The van der Waals surface area contributed by atoms with Gasteiger partial charge in [-0.1, -0.05) is 32.9 Å². The molecule has 0 N–H and O–H groups in total. The molecule has 0 bridgehead atoms. The molecule has 0 amide bonds. The molecule has 0 aromatic heterocycles. The highest BCUT2D eigenvalue weighted by Gasteiger charge is 2.40. The average Bonchev–Trinajstić information content (AvgIpc) is 2.34. The van der Waals surface area contributed by atoms with Gasteiger partial charge < -0.3 is 4.74 Å². The summed E-state index contributed by atoms with van der Waals surface area (Å²) in [6.45, 7) is 6.13. The molecule has 15 heavy (non-hydrogen) atoms. The van der Waals surface area contributed by atoms with Crippen molar-refractivity contribution < 1.29 is 13.5 Å². The van der Waals surface area contributed by atoms with Crippen LogP contribution in [0.3, 0.4) is 0 Å². The summed E-state index contributed by atoms with van der Waals surface area (Å²) < 4.78 is 30.5. The van der Waals surface area contributed by atoms with E-state index >= 15 is 0 Å². The van der Waals surface area contributed by atoms with Gasteiger partial charge in [-0.05, 0) is 17.0 Å². The van der Waals surface area contributed by atoms with E-state index in [1.807, 2.05) is 26.8 Å². The maximum Gasteiger partial charge on any atom is 0.402 e. The van der Waals surface area contributed by atoms with Gasteiger partial charge in [0.15, 0.2) is 0 Å². The third-order valence-corrected chi connectivity index (χ3v) is 2.59. The van der Waals surface area contributed by atoms with Gasteiger partial charge in [-0.25, -0.2) is 0 Å². The van der Waals surface area contributed by atoms with Gasteiger partial charge in [-0.2, -0.15) is 8.78 Å². The zero-order valence-electron chi connectivity index (χ0n) is 9.10. The van der Waals surface area contributed by atoms with Crippen LogP contribution in [0.2, 0.25) is 0 Å². The second kappa shape index (κ2) is 2.94. The molecule has 1 aliphatic rings. The minimum Gasteiger partial charge on any atom is -0.432 e. The summed E-state index contributed by atoms with van der Waals surface area (Å²) >= 11 is 0. The van der Waals surface area contributed by atoms with Gasteiger partial charge >= 0.3 is 6.11 Å². The van der Waals surface area contributed by atoms with E-state index in [9.17, 15) is 8.78 Å². The van der Waals surface area contributed by atoms with E-state index in [0.29, 0.717) is 11.3 Å². The molecule has 1 aromatic carbocycles. The topological polar surface area (TPSA) is 9.23 Å². The fourth-order valence-corrected chi connectivity index (χ4v) is 1.68. The van der Waals surface area contributed by atoms with Crippen molar-refractivity contribution in [2.24, 2.45) is 0 Å². The molecule has 0 saturated carbocycles. The van der Waals surface area contributed by atoms with Crippen molar-refractivity contribution in [2.45, 2.75) is 38.7 Å². The Kier molecular flexibility index (Phi) is 2.04. The van der Waals surface area contributed by atoms with Crippen LogP contribution in [0.25, 0.3) is 0 Å². The Morgan fingerprint density at radius 3 is 2.53 bits per heavy atom. The highest BCUT2D eigenvalue weighted by Crippen LogP contribution is 2.39. The maximum absolute atomic E-state index is 12.9. The van der Waals surface area contributed by atoms with Crippen LogP contribution < -0.4 is 4.74 Å². The van der Waals surface area contributed by atoms with Crippen LogP contribution in [-0.2, 0) is 11.8 Å². The minimum atomic E-state index is -3.03. The fraction of sp³-hybridized carbons (Fsp3) is 0.500. The lowest BCUT2D eigenvalue weighted by atomic mass is 9.86. The number of ether oxygens (including phenoxy) is 1. The standard InChI is InChI=1S/C12H14F2O/c1-11(2,3)9-5-4-8-7-12(13,14)15-10(8)6-9/h4-6H,7H2,1-3H3. The van der Waals surface area contributed by atoms with Gasteiger partial charge in [0.2, 0.25) is 0 Å². The summed E-state index contributed by atoms with van der Waals surface area (Å²) in [5.74, 6) is 0.326. The summed E-state index contributed by atoms with van der Waals surface area (Å²) in [5, 5.41) is 0. The smallest absolute Gasteiger partial charge is 0.402 e. The van der Waals surface area contributed by atoms with Gasteiger partial charge in [-0.15, -0.1) is 0 Å². The molecule has 1 nitrogen and oxygen atoms in total. The van der Waals surface area contributed by atoms with Crippen molar-refractivity contribution in [3.63, 3.8) is 0 Å². The summed E-state index contributed by atoms with van der Waals surface area (Å²) in [6.07, 6.45) is -3.34. The van der Waals surface area contributed by atoms with Crippen molar-refractivity contribution in [3.8, 4) is 5.75 Å². The largest absolute Gasteiger partial charge is 0.432 e. The van der Waals surface area contributed by atoms with Crippen LogP contribution >= 0.6 is 0 Å². The van der Waals surface area contributed by atoms with Crippen LogP contribution in [0.1, 0.15) is 31.9 Å². The van der Waals surface area contributed by atoms with Crippen molar-refractivity contribution in [3.05, 3.63) is 29.3 Å². The molecule has 82 valence electrons. The average molecular weight is 212 g/mol. The Bertz CT molecular complexity index is 391. The maximum atomic E-state index is 12.9. The van der Waals surface area contributed by atoms with E-state index in [-0.39, 0.29) is 11.8 Å². The highest BCUT2D eigenvalue weighted by atomic mass is 19.3. The summed E-state index contributed by atoms with van der Waals surface area (Å²) in [5.41, 5.74) is 1.56. The quantitative estimate of drug-likeness (QED) is 0.639. The lowest BCUT2D eigenvalue weighted by molar-refractivity contribution is -0.159. The van der Waals surface area contributed by atoms with Crippen LogP contribution in [0.5, 0.6) is 5.75 Å². The van der Waals surface area contributed by atoms with Gasteiger partial charge in [0, 0.05) is 5.56 Å². The van der Waals surface area contributed by atoms with E-state index < -0.39 is 6.11 Å². The molecular formula is C12H14F2O. The number of halogens is 2. The Labute approximate surface area is 88.1 Å². The monoisotopic (exact) mass is 212 g/mol. The molecule has 0 atom stereocenters. The van der Waals surface area contributed by atoms with Gasteiger partial charge in [0.05, 0.1) is 6.42 Å². The van der Waals surface area contributed by atoms with E-state index in [4.69, 9.17) is 0 Å². The number of fused-ring (bicyclic) bond motifs is 1. The SMILES string of the molecule is CC(C)(C)c1ccc2c(c1)OC(F)(F)C2. The first kappa shape index (κ1) is 10.4. The number of hydrogen-bond acceptors (Lipinski definition) is 1. The Balaban J connectivity index is 2.39. The predicted octanol–water partition coefficient (Wildman–Crippen LogP) is 3.51. The molecule has 1 aliphatic heterocycles. The van der Waals surface area contributed by atoms with Gasteiger partial charge in [0.1, 0.15) is 5.75 Å². The van der Waals surface area contributed by atoms with E-state index in [2.05, 4.69) is 4.74 Å². The molecular weight excluding hydrogens is 198 g/mol. The summed E-state index contributed by atoms with van der Waals surface area (Å²) in [7, 11) is 0. The third-order valence-electron chi connectivity index (χ3n) is 2.59. The zero-order chi connectivity index (χ0) is 11.3. The number of alkyl halides is 2. The van der Waals surface area contributed by atoms with Crippen LogP contribution in [0, 0.1) is 0 Å². The zero-order valence-corrected chi connectivity index (χ0v) is 9.10. The van der Waals surface area contributed by atoms with Crippen LogP contribution in [0.15, 0.2) is 18.2 Å². The molecule has 0 spiro atoms. The van der Waals surface area contributed by atoms with Crippen LogP contribution in [0.4, 0.5) is 8.78 Å². The predicted molar refractivity (Wildman–Crippen MR) is 54.4 cm³/mol. The third kappa shape index (κ3) is 1.96. The van der Waals surface area contributed by atoms with Gasteiger partial charge in [-0.3, -0.25) is 0 Å². The molecule has 0 unspecified atom stereocenters. The van der Waals surface area contributed by atoms with Crippen molar-refractivity contribution in [1.82, 2.24) is 0 Å². The minimum absolute atomic E-state index is 0.0454. The molecule has 0 fully saturated rings. The number of benzene rings is 1. The number of hydrogen-bond donors (Lipinski definition) is 0. The second-order valence-corrected chi connectivity index (χ2v) is 4.99. The Morgan fingerprint density at radius 2 is 1.93 bits per heavy atom. The fourth-order valence-electron chi connectivity index (χ4n) is 1.68. The lowest BCUT2D eigenvalue weighted by Crippen LogP contribution is -2.20. The Hall–Kier alpha value is -1.12. The van der Waals surface area contributed by atoms with Gasteiger partial charge in [0.25, 0.3) is 0 Å². The molecule has 3 heteroatoms. The molecule has 0 saturated heterocycles. The summed E-state index contributed by atoms with van der Waals surface area (Å²) in [4.78, 5) is 0. The summed E-state index contributed by atoms with van der Waals surface area (Å²) in [6, 6.07) is 5.34. The van der Waals surface area contributed by atoms with Crippen molar-refractivity contribution >= 4 is 0 Å². The number of rotatable bonds is 0. The molecule has 1 aromatic rings. The first-order valence-electron chi connectivity index (χ1n) is 4.98. The van der Waals surface area contributed by atoms with E-state index in [1.165, 1.54) is 0 Å². The normalized spacial score (nSPS) is 18.5. The van der Waals surface area contributed by atoms with E-state index in [0.717, 1.165) is 5.56 Å². The molecule has 2 rings (SSSR count). The second-order valence-electron chi connectivity index (χ2n) is 4.99. The molecule has 1 heterocycles. The Morgan fingerprint density at radius 1 is 1.27 bits per heavy atom. The van der Waals surface area contributed by atoms with Crippen molar-refractivity contribution in [2.75, 3.05) is 0 Å². The van der Waals surface area contributed by atoms with Crippen LogP contribution in [-0.4, -0.2) is 6.11 Å². The first-order chi connectivity index (χ1) is 6.78. The molecule has 0 radical (unpaired) electrons.